The van der Waals surface area contributed by atoms with E-state index < -0.39 is 0 Å². The number of nitrogens with one attached hydrogen (secondary N) is 1. The van der Waals surface area contributed by atoms with E-state index in [0.29, 0.717) is 5.92 Å². The van der Waals surface area contributed by atoms with Gasteiger partial charge in [0.05, 0.1) is 17.8 Å². The molecule has 3 N–H and O–H groups in total. The lowest BCUT2D eigenvalue weighted by Gasteiger charge is -2.20. The van der Waals surface area contributed by atoms with Crippen molar-refractivity contribution in [1.29, 1.82) is 0 Å². The molecule has 3 heterocycles. The molecule has 27 heavy (non-hydrogen) atoms. The first-order valence-corrected chi connectivity index (χ1v) is 9.51. The molecule has 140 valence electrons. The van der Waals surface area contributed by atoms with Crippen molar-refractivity contribution in [2.75, 3.05) is 29.0 Å². The predicted molar refractivity (Wildman–Crippen MR) is 111 cm³/mol. The highest BCUT2D eigenvalue weighted by Crippen LogP contribution is 2.29. The molecule has 4 rings (SSSR count). The molecule has 1 saturated heterocycles. The molecule has 0 amide bonds. The third-order valence-electron chi connectivity index (χ3n) is 5.19. The first-order chi connectivity index (χ1) is 13.0. The predicted octanol–water partition coefficient (Wildman–Crippen LogP) is 3.93. The lowest BCUT2D eigenvalue weighted by Crippen LogP contribution is -2.20. The van der Waals surface area contributed by atoms with Gasteiger partial charge in [-0.2, -0.15) is 0 Å². The molecule has 2 atom stereocenters. The lowest BCUT2D eigenvalue weighted by molar-refractivity contribution is 0.659. The second-order valence-electron chi connectivity index (χ2n) is 7.56. The first kappa shape index (κ1) is 17.5. The van der Waals surface area contributed by atoms with Gasteiger partial charge in [0.25, 0.3) is 0 Å². The fourth-order valence-corrected chi connectivity index (χ4v) is 3.68. The highest BCUT2D eigenvalue weighted by Gasteiger charge is 2.21. The minimum absolute atomic E-state index is 0.0782. The largest absolute Gasteiger partial charge is 0.399 e. The van der Waals surface area contributed by atoms with Crippen molar-refractivity contribution < 1.29 is 0 Å². The summed E-state index contributed by atoms with van der Waals surface area (Å²) in [6.45, 7) is 8.41. The van der Waals surface area contributed by atoms with Gasteiger partial charge >= 0.3 is 0 Å². The van der Waals surface area contributed by atoms with Gasteiger partial charge in [-0.05, 0) is 49.9 Å². The highest BCUT2D eigenvalue weighted by atomic mass is 15.2. The third-order valence-corrected chi connectivity index (χ3v) is 5.19. The second kappa shape index (κ2) is 7.02. The van der Waals surface area contributed by atoms with Crippen molar-refractivity contribution in [3.63, 3.8) is 0 Å². The van der Waals surface area contributed by atoms with Crippen LogP contribution in [0.2, 0.25) is 0 Å². The summed E-state index contributed by atoms with van der Waals surface area (Å²) in [5, 5.41) is 4.54. The van der Waals surface area contributed by atoms with Crippen LogP contribution in [0, 0.1) is 12.8 Å². The number of nitrogens with two attached hydrogens (primary N) is 1. The Bertz CT molecular complexity index is 970. The fourth-order valence-electron chi connectivity index (χ4n) is 3.68. The number of pyridine rings is 1. The van der Waals surface area contributed by atoms with Gasteiger partial charge in [-0.3, -0.25) is 0 Å². The van der Waals surface area contributed by atoms with Crippen LogP contribution in [-0.4, -0.2) is 28.0 Å². The zero-order chi connectivity index (χ0) is 19.0. The number of aromatic nitrogens is 3. The van der Waals surface area contributed by atoms with E-state index >= 15 is 0 Å². The smallest absolute Gasteiger partial charge is 0.138 e. The molecule has 0 spiro atoms. The lowest BCUT2D eigenvalue weighted by atomic mass is 10.1. The Morgan fingerprint density at radius 1 is 1.26 bits per heavy atom. The Morgan fingerprint density at radius 2 is 2.11 bits per heavy atom. The number of nitrogens with zero attached hydrogens (tertiary/aromatic N) is 4. The van der Waals surface area contributed by atoms with E-state index in [1.54, 1.807) is 0 Å². The molecule has 6 heteroatoms. The van der Waals surface area contributed by atoms with E-state index in [-0.39, 0.29) is 6.04 Å². The summed E-state index contributed by atoms with van der Waals surface area (Å²) in [6.07, 6.45) is 3.07. The molecule has 3 aromatic rings. The van der Waals surface area contributed by atoms with Gasteiger partial charge in [0.15, 0.2) is 0 Å². The van der Waals surface area contributed by atoms with Crippen molar-refractivity contribution >= 4 is 28.2 Å². The number of benzene rings is 1. The average Bonchev–Trinajstić information content (AvgIpc) is 3.07. The second-order valence-corrected chi connectivity index (χ2v) is 7.56. The number of fused-ring (bicyclic) bond motifs is 1. The summed E-state index contributed by atoms with van der Waals surface area (Å²) in [5.41, 5.74) is 8.69. The van der Waals surface area contributed by atoms with Gasteiger partial charge in [0.1, 0.15) is 17.5 Å². The third kappa shape index (κ3) is 3.65. The molecule has 1 aliphatic rings. The van der Waals surface area contributed by atoms with Crippen LogP contribution < -0.4 is 16.0 Å². The standard InChI is InChI=1S/C21H26N6/c1-13-7-8-27(12-13)20-10-18-19(11-23-20)25-15(3)26-21(18)24-14(2)16-5-4-6-17(22)9-16/h4-6,9-11,13-14H,7-8,12,22H2,1-3H3,(H,24,25,26)/t13-,14-/m1/s1. The van der Waals surface area contributed by atoms with Crippen molar-refractivity contribution in [1.82, 2.24) is 15.0 Å². The number of hydrogen-bond donors (Lipinski definition) is 2. The Balaban J connectivity index is 1.70. The summed E-state index contributed by atoms with van der Waals surface area (Å²) in [6, 6.07) is 10.1. The zero-order valence-electron chi connectivity index (χ0n) is 16.1. The maximum Gasteiger partial charge on any atom is 0.138 e. The number of anilines is 3. The molecule has 1 aromatic carbocycles. The van der Waals surface area contributed by atoms with Gasteiger partial charge in [0, 0.05) is 24.2 Å². The first-order valence-electron chi connectivity index (χ1n) is 9.51. The van der Waals surface area contributed by atoms with Crippen LogP contribution in [0.25, 0.3) is 10.9 Å². The SMILES string of the molecule is Cc1nc(N[C@H](C)c2cccc(N)c2)c2cc(N3CC[C@@H](C)C3)ncc2n1. The number of nitrogen functional groups attached to an aromatic ring is 1. The van der Waals surface area contributed by atoms with Crippen LogP contribution in [0.15, 0.2) is 36.5 Å². The van der Waals surface area contributed by atoms with Gasteiger partial charge in [0.2, 0.25) is 0 Å². The van der Waals surface area contributed by atoms with Crippen LogP contribution in [0.3, 0.4) is 0 Å². The van der Waals surface area contributed by atoms with E-state index in [4.69, 9.17) is 5.73 Å². The molecule has 1 aliphatic heterocycles. The quantitative estimate of drug-likeness (QED) is 0.685. The minimum Gasteiger partial charge on any atom is -0.399 e. The van der Waals surface area contributed by atoms with Crippen molar-refractivity contribution in [2.45, 2.75) is 33.2 Å². The van der Waals surface area contributed by atoms with Crippen molar-refractivity contribution in [3.8, 4) is 0 Å². The number of hydrogen-bond acceptors (Lipinski definition) is 6. The van der Waals surface area contributed by atoms with Gasteiger partial charge in [-0.25, -0.2) is 15.0 Å². The van der Waals surface area contributed by atoms with Crippen LogP contribution in [0.5, 0.6) is 0 Å². The van der Waals surface area contributed by atoms with Gasteiger partial charge in [-0.1, -0.05) is 19.1 Å². The molecule has 2 aromatic heterocycles. The Hall–Kier alpha value is -2.89. The van der Waals surface area contributed by atoms with E-state index in [2.05, 4.69) is 51.1 Å². The molecule has 1 fully saturated rings. The molecule has 6 nitrogen and oxygen atoms in total. The topological polar surface area (TPSA) is 80.0 Å². The molecule has 0 bridgehead atoms. The molecule has 0 aliphatic carbocycles. The molecule has 0 unspecified atom stereocenters. The summed E-state index contributed by atoms with van der Waals surface area (Å²) in [5.74, 6) is 3.27. The van der Waals surface area contributed by atoms with E-state index in [0.717, 1.165) is 52.7 Å². The fraction of sp³-hybridized carbons (Fsp3) is 0.381. The van der Waals surface area contributed by atoms with E-state index in [1.165, 1.54) is 6.42 Å². The summed E-state index contributed by atoms with van der Waals surface area (Å²) in [4.78, 5) is 16.2. The number of rotatable bonds is 4. The summed E-state index contributed by atoms with van der Waals surface area (Å²) >= 11 is 0. The Labute approximate surface area is 159 Å². The number of aryl methyl sites for hydroxylation is 1. The Morgan fingerprint density at radius 3 is 2.85 bits per heavy atom. The van der Waals surface area contributed by atoms with Gasteiger partial charge < -0.3 is 16.0 Å². The van der Waals surface area contributed by atoms with E-state index in [1.807, 2.05) is 31.3 Å². The van der Waals surface area contributed by atoms with Crippen molar-refractivity contribution in [2.24, 2.45) is 5.92 Å². The van der Waals surface area contributed by atoms with Crippen LogP contribution in [0.4, 0.5) is 17.3 Å². The van der Waals surface area contributed by atoms with E-state index in [9.17, 15) is 0 Å². The molecule has 0 radical (unpaired) electrons. The minimum atomic E-state index is 0.0782. The van der Waals surface area contributed by atoms with Crippen molar-refractivity contribution in [3.05, 3.63) is 47.9 Å². The van der Waals surface area contributed by atoms with Gasteiger partial charge in [-0.15, -0.1) is 0 Å². The monoisotopic (exact) mass is 362 g/mol. The average molecular weight is 362 g/mol. The zero-order valence-corrected chi connectivity index (χ0v) is 16.1. The Kier molecular flexibility index (Phi) is 4.56. The van der Waals surface area contributed by atoms with Crippen LogP contribution in [-0.2, 0) is 0 Å². The molecular formula is C21H26N6. The summed E-state index contributed by atoms with van der Waals surface area (Å²) in [7, 11) is 0. The normalized spacial score (nSPS) is 18.0. The summed E-state index contributed by atoms with van der Waals surface area (Å²) < 4.78 is 0. The maximum absolute atomic E-state index is 5.94. The van der Waals surface area contributed by atoms with Crippen LogP contribution >= 0.6 is 0 Å². The molecular weight excluding hydrogens is 336 g/mol. The molecule has 0 saturated carbocycles. The van der Waals surface area contributed by atoms with Crippen LogP contribution in [0.1, 0.15) is 37.7 Å². The maximum atomic E-state index is 5.94. The highest BCUT2D eigenvalue weighted by molar-refractivity contribution is 5.90.